The van der Waals surface area contributed by atoms with E-state index in [9.17, 15) is 5.26 Å². The second-order valence-corrected chi connectivity index (χ2v) is 5.81. The quantitative estimate of drug-likeness (QED) is 0.538. The molecule has 0 amide bonds. The van der Waals surface area contributed by atoms with Gasteiger partial charge in [0.25, 0.3) is 0 Å². The van der Waals surface area contributed by atoms with Crippen LogP contribution in [0.4, 0.5) is 0 Å². The van der Waals surface area contributed by atoms with Crippen LogP contribution in [0, 0.1) is 14.9 Å². The maximum Gasteiger partial charge on any atom is 0.0992 e. The van der Waals surface area contributed by atoms with Crippen molar-refractivity contribution in [2.75, 3.05) is 0 Å². The molecule has 0 aromatic heterocycles. The third-order valence-corrected chi connectivity index (χ3v) is 4.53. The predicted molar refractivity (Wildman–Crippen MR) is 94.7 cm³/mol. The van der Waals surface area contributed by atoms with Crippen LogP contribution in [0.1, 0.15) is 5.56 Å². The van der Waals surface area contributed by atoms with E-state index in [0.717, 1.165) is 22.3 Å². The van der Waals surface area contributed by atoms with Crippen LogP contribution in [0.2, 0.25) is 0 Å². The number of halogens is 1. The molecular weight excluding hydrogens is 369 g/mol. The first-order valence-electron chi connectivity index (χ1n) is 6.64. The van der Waals surface area contributed by atoms with Crippen LogP contribution in [-0.4, -0.2) is 0 Å². The second-order valence-electron chi connectivity index (χ2n) is 4.73. The Balaban J connectivity index is 2.26. The molecule has 0 aliphatic rings. The summed E-state index contributed by atoms with van der Waals surface area (Å²) in [5.74, 6) is 0. The summed E-state index contributed by atoms with van der Waals surface area (Å²) in [6.07, 6.45) is 0. The van der Waals surface area contributed by atoms with Crippen LogP contribution in [0.25, 0.3) is 22.3 Å². The van der Waals surface area contributed by atoms with Gasteiger partial charge >= 0.3 is 0 Å². The van der Waals surface area contributed by atoms with Crippen LogP contribution in [0.3, 0.4) is 0 Å². The SMILES string of the molecule is N#Cc1cc(-c2ccccc2)c(I)c(-c2ccccc2)c1. The predicted octanol–water partition coefficient (Wildman–Crippen LogP) is 5.50. The summed E-state index contributed by atoms with van der Waals surface area (Å²) in [6, 6.07) is 26.6. The van der Waals surface area contributed by atoms with Crippen molar-refractivity contribution in [1.29, 1.82) is 5.26 Å². The molecule has 3 aromatic carbocycles. The fourth-order valence-electron chi connectivity index (χ4n) is 2.34. The van der Waals surface area contributed by atoms with Gasteiger partial charge in [-0.15, -0.1) is 0 Å². The molecule has 0 heterocycles. The van der Waals surface area contributed by atoms with Crippen LogP contribution in [0.15, 0.2) is 72.8 Å². The Labute approximate surface area is 138 Å². The molecule has 0 aliphatic heterocycles. The lowest BCUT2D eigenvalue weighted by molar-refractivity contribution is 1.46. The molecule has 1 nitrogen and oxygen atoms in total. The molecule has 0 unspecified atom stereocenters. The number of rotatable bonds is 2. The lowest BCUT2D eigenvalue weighted by Gasteiger charge is -2.12. The monoisotopic (exact) mass is 381 g/mol. The molecule has 0 N–H and O–H groups in total. The largest absolute Gasteiger partial charge is 0.192 e. The molecule has 3 rings (SSSR count). The lowest BCUT2D eigenvalue weighted by Crippen LogP contribution is -1.91. The average molecular weight is 381 g/mol. The maximum atomic E-state index is 9.32. The van der Waals surface area contributed by atoms with Gasteiger partial charge < -0.3 is 0 Å². The molecule has 100 valence electrons. The van der Waals surface area contributed by atoms with Crippen LogP contribution >= 0.6 is 22.6 Å². The van der Waals surface area contributed by atoms with Crippen molar-refractivity contribution in [3.63, 3.8) is 0 Å². The van der Waals surface area contributed by atoms with Crippen LogP contribution in [-0.2, 0) is 0 Å². The van der Waals surface area contributed by atoms with Gasteiger partial charge in [0.15, 0.2) is 0 Å². The van der Waals surface area contributed by atoms with Crippen molar-refractivity contribution in [2.24, 2.45) is 0 Å². The third-order valence-electron chi connectivity index (χ3n) is 3.37. The molecule has 0 aliphatic carbocycles. The van der Waals surface area contributed by atoms with Gasteiger partial charge in [0.2, 0.25) is 0 Å². The molecule has 0 fully saturated rings. The smallest absolute Gasteiger partial charge is 0.0992 e. The van der Waals surface area contributed by atoms with E-state index in [1.165, 1.54) is 3.57 Å². The summed E-state index contributed by atoms with van der Waals surface area (Å²) in [5, 5.41) is 9.32. The summed E-state index contributed by atoms with van der Waals surface area (Å²) in [4.78, 5) is 0. The number of hydrogen-bond acceptors (Lipinski definition) is 1. The second kappa shape index (κ2) is 6.11. The van der Waals surface area contributed by atoms with Gasteiger partial charge in [0.05, 0.1) is 11.6 Å². The minimum Gasteiger partial charge on any atom is -0.192 e. The summed E-state index contributed by atoms with van der Waals surface area (Å²) < 4.78 is 1.17. The molecule has 0 atom stereocenters. The van der Waals surface area contributed by atoms with Gasteiger partial charge in [-0.1, -0.05) is 60.7 Å². The molecule has 21 heavy (non-hydrogen) atoms. The van der Waals surface area contributed by atoms with E-state index >= 15 is 0 Å². The van der Waals surface area contributed by atoms with Gasteiger partial charge in [-0.25, -0.2) is 0 Å². The Morgan fingerprint density at radius 1 is 0.714 bits per heavy atom. The van der Waals surface area contributed by atoms with Gasteiger partial charge in [-0.3, -0.25) is 0 Å². The van der Waals surface area contributed by atoms with Gasteiger partial charge in [-0.05, 0) is 57.0 Å². The molecule has 0 spiro atoms. The van der Waals surface area contributed by atoms with E-state index in [1.807, 2.05) is 48.5 Å². The van der Waals surface area contributed by atoms with E-state index < -0.39 is 0 Å². The first-order valence-corrected chi connectivity index (χ1v) is 7.72. The number of hydrogen-bond donors (Lipinski definition) is 0. The fourth-order valence-corrected chi connectivity index (χ4v) is 3.28. The van der Waals surface area contributed by atoms with Crippen molar-refractivity contribution < 1.29 is 0 Å². The zero-order valence-electron chi connectivity index (χ0n) is 11.3. The highest BCUT2D eigenvalue weighted by atomic mass is 127. The van der Waals surface area contributed by atoms with Gasteiger partial charge in [0.1, 0.15) is 0 Å². The normalized spacial score (nSPS) is 10.1. The summed E-state index contributed by atoms with van der Waals surface area (Å²) >= 11 is 2.37. The molecule has 3 aromatic rings. The third kappa shape index (κ3) is 2.84. The molecule has 2 heteroatoms. The van der Waals surface area contributed by atoms with E-state index in [4.69, 9.17) is 0 Å². The van der Waals surface area contributed by atoms with Crippen molar-refractivity contribution in [3.05, 3.63) is 81.9 Å². The Hall–Kier alpha value is -2.12. The van der Waals surface area contributed by atoms with Crippen molar-refractivity contribution in [1.82, 2.24) is 0 Å². The Kier molecular flexibility index (Phi) is 4.03. The highest BCUT2D eigenvalue weighted by Gasteiger charge is 2.11. The average Bonchev–Trinajstić information content (AvgIpc) is 2.57. The zero-order valence-corrected chi connectivity index (χ0v) is 13.4. The van der Waals surface area contributed by atoms with Crippen molar-refractivity contribution in [2.45, 2.75) is 0 Å². The minimum absolute atomic E-state index is 0.688. The standard InChI is InChI=1S/C19H12IN/c20-19-17(15-7-3-1-4-8-15)11-14(13-21)12-18(19)16-9-5-2-6-10-16/h1-12H. The maximum absolute atomic E-state index is 9.32. The number of benzene rings is 3. The summed E-state index contributed by atoms with van der Waals surface area (Å²) in [7, 11) is 0. The molecule has 0 saturated carbocycles. The van der Waals surface area contributed by atoms with Crippen molar-refractivity contribution in [3.8, 4) is 28.3 Å². The Morgan fingerprint density at radius 3 is 1.52 bits per heavy atom. The molecular formula is C19H12IN. The first-order chi connectivity index (χ1) is 10.3. The van der Waals surface area contributed by atoms with E-state index in [1.54, 1.807) is 0 Å². The lowest BCUT2D eigenvalue weighted by atomic mass is 9.96. The van der Waals surface area contributed by atoms with Gasteiger partial charge in [-0.2, -0.15) is 5.26 Å². The van der Waals surface area contributed by atoms with E-state index in [2.05, 4.69) is 52.9 Å². The fraction of sp³-hybridized carbons (Fsp3) is 0. The minimum atomic E-state index is 0.688. The summed E-state index contributed by atoms with van der Waals surface area (Å²) in [5.41, 5.74) is 5.17. The molecule has 0 saturated heterocycles. The van der Waals surface area contributed by atoms with Crippen LogP contribution < -0.4 is 0 Å². The Morgan fingerprint density at radius 2 is 1.14 bits per heavy atom. The van der Waals surface area contributed by atoms with Crippen LogP contribution in [0.5, 0.6) is 0 Å². The first kappa shape index (κ1) is 13.8. The van der Waals surface area contributed by atoms with E-state index in [0.29, 0.717) is 5.56 Å². The van der Waals surface area contributed by atoms with Crippen molar-refractivity contribution >= 4 is 22.6 Å². The van der Waals surface area contributed by atoms with E-state index in [-0.39, 0.29) is 0 Å². The Bertz CT molecular complexity index is 741. The number of nitriles is 1. The topological polar surface area (TPSA) is 23.8 Å². The summed E-state index contributed by atoms with van der Waals surface area (Å²) in [6.45, 7) is 0. The zero-order chi connectivity index (χ0) is 14.7. The number of nitrogens with zero attached hydrogens (tertiary/aromatic N) is 1. The van der Waals surface area contributed by atoms with Gasteiger partial charge in [0, 0.05) is 3.57 Å². The highest BCUT2D eigenvalue weighted by molar-refractivity contribution is 14.1. The highest BCUT2D eigenvalue weighted by Crippen LogP contribution is 2.34. The molecule has 0 radical (unpaired) electrons. The molecule has 0 bridgehead atoms.